The third-order valence-electron chi connectivity index (χ3n) is 4.30. The second-order valence-corrected chi connectivity index (χ2v) is 7.24. The van der Waals surface area contributed by atoms with Crippen LogP contribution < -0.4 is 0 Å². The van der Waals surface area contributed by atoms with E-state index in [1.165, 1.54) is 77.0 Å². The fraction of sp³-hybridized carbons (Fsp3) is 0.739. The molecule has 1 nitrogen and oxygen atoms in total. The second kappa shape index (κ2) is 18.3. The van der Waals surface area contributed by atoms with Gasteiger partial charge in [0, 0.05) is 0 Å². The maximum Gasteiger partial charge on any atom is 0.133 e. The van der Waals surface area contributed by atoms with Crippen LogP contribution in [0, 0.1) is 18.3 Å². The Bertz CT molecular complexity index is 346. The van der Waals surface area contributed by atoms with Gasteiger partial charge in [-0.05, 0) is 50.5 Å². The first-order chi connectivity index (χ1) is 11.7. The summed E-state index contributed by atoms with van der Waals surface area (Å²) in [4.78, 5) is 0. The molecule has 1 N–H and O–H groups in total. The highest BCUT2D eigenvalue weighted by atomic mass is 16.3. The first-order valence-corrected chi connectivity index (χ1v) is 10.1. The van der Waals surface area contributed by atoms with Gasteiger partial charge in [-0.25, -0.2) is 0 Å². The molecule has 24 heavy (non-hydrogen) atoms. The third kappa shape index (κ3) is 19.0. The molecule has 0 aromatic rings. The maximum atomic E-state index is 9.17. The summed E-state index contributed by atoms with van der Waals surface area (Å²) in [5.41, 5.74) is 0. The van der Waals surface area contributed by atoms with Gasteiger partial charge in [0.2, 0.25) is 0 Å². The predicted molar refractivity (Wildman–Crippen MR) is 108 cm³/mol. The quantitative estimate of drug-likeness (QED) is 0.187. The van der Waals surface area contributed by atoms with Crippen molar-refractivity contribution in [3.05, 3.63) is 24.3 Å². The number of aliphatic hydroxyl groups is 1. The summed E-state index contributed by atoms with van der Waals surface area (Å²) in [5, 5.41) is 9.17. The average Bonchev–Trinajstić information content (AvgIpc) is 2.57. The van der Waals surface area contributed by atoms with Crippen LogP contribution >= 0.6 is 0 Å². The maximum absolute atomic E-state index is 9.17. The van der Waals surface area contributed by atoms with Crippen molar-refractivity contribution in [3.63, 3.8) is 0 Å². The summed E-state index contributed by atoms with van der Waals surface area (Å²) in [7, 11) is 0. The molecule has 0 aliphatic carbocycles. The SMILES string of the molecule is C#C[C@@H](O)/C=C/CCCCCCCCC/C=C/CCCCC(C)C. The van der Waals surface area contributed by atoms with Crippen molar-refractivity contribution in [3.8, 4) is 12.3 Å². The molecule has 0 bridgehead atoms. The van der Waals surface area contributed by atoms with E-state index < -0.39 is 6.10 Å². The monoisotopic (exact) mass is 332 g/mol. The summed E-state index contributed by atoms with van der Waals surface area (Å²) in [6, 6.07) is 0. The molecule has 0 saturated carbocycles. The topological polar surface area (TPSA) is 20.2 Å². The van der Waals surface area contributed by atoms with Gasteiger partial charge in [0.05, 0.1) is 0 Å². The van der Waals surface area contributed by atoms with Crippen LogP contribution in [-0.4, -0.2) is 11.2 Å². The Balaban J connectivity index is 3.17. The summed E-state index contributed by atoms with van der Waals surface area (Å²) >= 11 is 0. The lowest BCUT2D eigenvalue weighted by atomic mass is 10.0. The lowest BCUT2D eigenvalue weighted by Gasteiger charge is -2.02. The largest absolute Gasteiger partial charge is 0.377 e. The zero-order valence-corrected chi connectivity index (χ0v) is 16.2. The van der Waals surface area contributed by atoms with Gasteiger partial charge in [-0.2, -0.15) is 0 Å². The summed E-state index contributed by atoms with van der Waals surface area (Å²) in [6.07, 6.45) is 29.8. The molecule has 0 radical (unpaired) electrons. The molecule has 0 amide bonds. The van der Waals surface area contributed by atoms with Crippen LogP contribution in [0.3, 0.4) is 0 Å². The fourth-order valence-corrected chi connectivity index (χ4v) is 2.74. The molecule has 0 aliphatic rings. The van der Waals surface area contributed by atoms with Crippen LogP contribution in [0.4, 0.5) is 0 Å². The number of unbranched alkanes of at least 4 members (excludes halogenated alkanes) is 10. The standard InChI is InChI=1S/C23H40O/c1-4-23(24)21-19-17-15-13-11-9-7-5-6-8-10-12-14-16-18-20-22(2)3/h1,10,12,19,21-24H,5-9,11,13-18,20H2,2-3H3/b12-10+,21-19+/t23-/m1/s1. The molecule has 0 saturated heterocycles. The minimum absolute atomic E-state index is 0.709. The highest BCUT2D eigenvalue weighted by molar-refractivity contribution is 5.05. The van der Waals surface area contributed by atoms with E-state index in [1.807, 2.05) is 6.08 Å². The number of aliphatic hydroxyl groups excluding tert-OH is 1. The van der Waals surface area contributed by atoms with Gasteiger partial charge < -0.3 is 5.11 Å². The molecule has 138 valence electrons. The molecule has 0 spiro atoms. The zero-order valence-electron chi connectivity index (χ0n) is 16.2. The second-order valence-electron chi connectivity index (χ2n) is 7.24. The highest BCUT2D eigenvalue weighted by Crippen LogP contribution is 2.11. The van der Waals surface area contributed by atoms with Crippen molar-refractivity contribution in [1.82, 2.24) is 0 Å². The van der Waals surface area contributed by atoms with E-state index in [0.717, 1.165) is 12.3 Å². The van der Waals surface area contributed by atoms with Gasteiger partial charge in [-0.15, -0.1) is 6.42 Å². The zero-order chi connectivity index (χ0) is 17.9. The highest BCUT2D eigenvalue weighted by Gasteiger charge is 1.93. The Morgan fingerprint density at radius 1 is 0.750 bits per heavy atom. The lowest BCUT2D eigenvalue weighted by molar-refractivity contribution is 0.280. The van der Waals surface area contributed by atoms with Crippen LogP contribution in [0.5, 0.6) is 0 Å². The van der Waals surface area contributed by atoms with Gasteiger partial charge in [-0.1, -0.05) is 82.9 Å². The first-order valence-electron chi connectivity index (χ1n) is 10.1. The molecule has 1 atom stereocenters. The van der Waals surface area contributed by atoms with E-state index in [1.54, 1.807) is 6.08 Å². The van der Waals surface area contributed by atoms with Crippen molar-refractivity contribution in [1.29, 1.82) is 0 Å². The Morgan fingerprint density at radius 2 is 1.21 bits per heavy atom. The van der Waals surface area contributed by atoms with E-state index in [4.69, 9.17) is 11.5 Å². The van der Waals surface area contributed by atoms with Gasteiger partial charge >= 0.3 is 0 Å². The molecule has 0 aliphatic heterocycles. The molecule has 0 rings (SSSR count). The molecule has 0 fully saturated rings. The van der Waals surface area contributed by atoms with E-state index in [0.29, 0.717) is 0 Å². The van der Waals surface area contributed by atoms with Crippen molar-refractivity contribution >= 4 is 0 Å². The van der Waals surface area contributed by atoms with Crippen LogP contribution in [0.25, 0.3) is 0 Å². The molecule has 0 unspecified atom stereocenters. The summed E-state index contributed by atoms with van der Waals surface area (Å²) in [6.45, 7) is 4.61. The normalized spacial score (nSPS) is 13.1. The molecular weight excluding hydrogens is 292 g/mol. The smallest absolute Gasteiger partial charge is 0.133 e. The predicted octanol–water partition coefficient (Wildman–Crippen LogP) is 6.82. The minimum atomic E-state index is -0.709. The van der Waals surface area contributed by atoms with Gasteiger partial charge in [0.25, 0.3) is 0 Å². The van der Waals surface area contributed by atoms with Crippen LogP contribution in [0.2, 0.25) is 0 Å². The van der Waals surface area contributed by atoms with Gasteiger partial charge in [0.15, 0.2) is 0 Å². The minimum Gasteiger partial charge on any atom is -0.377 e. The van der Waals surface area contributed by atoms with Crippen molar-refractivity contribution in [2.45, 2.75) is 103 Å². The van der Waals surface area contributed by atoms with Crippen molar-refractivity contribution < 1.29 is 5.11 Å². The lowest BCUT2D eigenvalue weighted by Crippen LogP contribution is -1.95. The summed E-state index contributed by atoms with van der Waals surface area (Å²) < 4.78 is 0. The number of terminal acetylenes is 1. The van der Waals surface area contributed by atoms with Crippen LogP contribution in [-0.2, 0) is 0 Å². The number of hydrogen-bond donors (Lipinski definition) is 1. The van der Waals surface area contributed by atoms with Crippen molar-refractivity contribution in [2.24, 2.45) is 5.92 Å². The Hall–Kier alpha value is -1.00. The number of rotatable bonds is 16. The molecular formula is C23H40O. The number of allylic oxidation sites excluding steroid dienone is 3. The van der Waals surface area contributed by atoms with Gasteiger partial charge in [0.1, 0.15) is 6.10 Å². The molecule has 1 heteroatoms. The van der Waals surface area contributed by atoms with Gasteiger partial charge in [-0.3, -0.25) is 0 Å². The van der Waals surface area contributed by atoms with E-state index in [-0.39, 0.29) is 0 Å². The fourth-order valence-electron chi connectivity index (χ4n) is 2.74. The Labute approximate surface area is 151 Å². The van der Waals surface area contributed by atoms with E-state index in [9.17, 15) is 0 Å². The van der Waals surface area contributed by atoms with Crippen LogP contribution in [0.15, 0.2) is 24.3 Å². The summed E-state index contributed by atoms with van der Waals surface area (Å²) in [5.74, 6) is 3.14. The molecule has 0 heterocycles. The molecule has 0 aromatic heterocycles. The first kappa shape index (κ1) is 23.0. The Morgan fingerprint density at radius 3 is 1.71 bits per heavy atom. The third-order valence-corrected chi connectivity index (χ3v) is 4.30. The van der Waals surface area contributed by atoms with E-state index in [2.05, 4.69) is 31.9 Å². The van der Waals surface area contributed by atoms with Crippen molar-refractivity contribution in [2.75, 3.05) is 0 Å². The van der Waals surface area contributed by atoms with Crippen LogP contribution in [0.1, 0.15) is 97.3 Å². The molecule has 0 aromatic carbocycles. The Kier molecular flexibility index (Phi) is 17.6. The number of hydrogen-bond acceptors (Lipinski definition) is 1. The average molecular weight is 333 g/mol. The van der Waals surface area contributed by atoms with E-state index >= 15 is 0 Å².